The Morgan fingerprint density at radius 1 is 1.29 bits per heavy atom. The van der Waals surface area contributed by atoms with E-state index >= 15 is 0 Å². The highest BCUT2D eigenvalue weighted by Crippen LogP contribution is 2.29. The predicted molar refractivity (Wildman–Crippen MR) is 86.4 cm³/mol. The molecule has 1 rings (SSSR count). The van der Waals surface area contributed by atoms with Crippen LogP contribution in [0.25, 0.3) is 0 Å². The fourth-order valence-electron chi connectivity index (χ4n) is 1.53. The van der Waals surface area contributed by atoms with Gasteiger partial charge in [-0.05, 0) is 25.0 Å². The predicted octanol–water partition coefficient (Wildman–Crippen LogP) is 3.35. The van der Waals surface area contributed by atoms with Gasteiger partial charge in [0, 0.05) is 12.1 Å². The fourth-order valence-corrected chi connectivity index (χ4v) is 3.41. The van der Waals surface area contributed by atoms with Crippen LogP contribution in [0.2, 0.25) is 10.0 Å². The topological polar surface area (TPSA) is 72.2 Å². The van der Waals surface area contributed by atoms with E-state index in [2.05, 4.69) is 4.72 Å². The van der Waals surface area contributed by atoms with E-state index < -0.39 is 26.4 Å². The van der Waals surface area contributed by atoms with E-state index in [9.17, 15) is 12.8 Å². The third-order valence-corrected chi connectivity index (χ3v) is 5.53. The molecule has 1 aromatic rings. The molecule has 0 unspecified atom stereocenters. The summed E-state index contributed by atoms with van der Waals surface area (Å²) in [4.78, 5) is -0.351. The Bertz CT molecular complexity index is 592. The normalized spacial score (nSPS) is 12.1. The molecule has 122 valence electrons. The molecular formula is C12H18Cl3FN2O2S. The summed E-state index contributed by atoms with van der Waals surface area (Å²) in [7, 11) is -3.94. The van der Waals surface area contributed by atoms with Crippen LogP contribution in [0.5, 0.6) is 0 Å². The molecule has 0 saturated heterocycles. The molecule has 9 heteroatoms. The van der Waals surface area contributed by atoms with E-state index in [4.69, 9.17) is 28.9 Å². The zero-order valence-corrected chi connectivity index (χ0v) is 14.8. The highest BCUT2D eigenvalue weighted by molar-refractivity contribution is 7.89. The molecule has 0 radical (unpaired) electrons. The lowest BCUT2D eigenvalue weighted by Crippen LogP contribution is -2.49. The first-order chi connectivity index (χ1) is 9.17. The molecule has 0 heterocycles. The van der Waals surface area contributed by atoms with Crippen LogP contribution in [0.15, 0.2) is 17.0 Å². The Labute approximate surface area is 140 Å². The Morgan fingerprint density at radius 2 is 1.81 bits per heavy atom. The molecule has 0 bridgehead atoms. The average molecular weight is 380 g/mol. The average Bonchev–Trinajstić information content (AvgIpc) is 2.42. The van der Waals surface area contributed by atoms with Crippen molar-refractivity contribution in [1.82, 2.24) is 4.72 Å². The van der Waals surface area contributed by atoms with Crippen LogP contribution >= 0.6 is 35.6 Å². The Morgan fingerprint density at radius 3 is 2.29 bits per heavy atom. The second-order valence-corrected chi connectivity index (χ2v) is 7.09. The zero-order valence-electron chi connectivity index (χ0n) is 11.6. The maximum absolute atomic E-state index is 13.5. The third-order valence-electron chi connectivity index (χ3n) is 3.31. The van der Waals surface area contributed by atoms with E-state index in [0.717, 1.165) is 12.1 Å². The molecule has 0 aliphatic carbocycles. The lowest BCUT2D eigenvalue weighted by atomic mass is 9.95. The van der Waals surface area contributed by atoms with Gasteiger partial charge in [-0.25, -0.2) is 17.5 Å². The molecule has 1 aromatic carbocycles. The molecule has 0 aliphatic rings. The van der Waals surface area contributed by atoms with Crippen LogP contribution in [0.1, 0.15) is 26.7 Å². The molecule has 0 atom stereocenters. The number of halogens is 4. The van der Waals surface area contributed by atoms with Crippen molar-refractivity contribution in [2.45, 2.75) is 37.1 Å². The first-order valence-electron chi connectivity index (χ1n) is 6.09. The minimum absolute atomic E-state index is 0. The molecule has 0 saturated carbocycles. The molecule has 0 fully saturated rings. The minimum Gasteiger partial charge on any atom is -0.324 e. The van der Waals surface area contributed by atoms with Crippen molar-refractivity contribution < 1.29 is 12.8 Å². The summed E-state index contributed by atoms with van der Waals surface area (Å²) in [6.45, 7) is 3.78. The van der Waals surface area contributed by atoms with Gasteiger partial charge in [0.05, 0.1) is 10.0 Å². The number of rotatable bonds is 6. The van der Waals surface area contributed by atoms with Crippen molar-refractivity contribution in [1.29, 1.82) is 0 Å². The summed E-state index contributed by atoms with van der Waals surface area (Å²) in [6, 6.07) is 2.30. The molecule has 0 spiro atoms. The molecule has 21 heavy (non-hydrogen) atoms. The van der Waals surface area contributed by atoms with Gasteiger partial charge in [0.1, 0.15) is 4.90 Å². The summed E-state index contributed by atoms with van der Waals surface area (Å²) in [6.07, 6.45) is 1.21. The molecule has 4 nitrogen and oxygen atoms in total. The number of nitrogens with one attached hydrogen (secondary N) is 1. The van der Waals surface area contributed by atoms with Crippen molar-refractivity contribution in [3.8, 4) is 0 Å². The number of sulfonamides is 1. The monoisotopic (exact) mass is 378 g/mol. The molecule has 0 aliphatic heterocycles. The van der Waals surface area contributed by atoms with Crippen LogP contribution in [0, 0.1) is 5.82 Å². The first-order valence-corrected chi connectivity index (χ1v) is 8.33. The lowest BCUT2D eigenvalue weighted by molar-refractivity contribution is 0.391. The largest absolute Gasteiger partial charge is 0.324 e. The van der Waals surface area contributed by atoms with Gasteiger partial charge in [-0.15, -0.1) is 12.4 Å². The second-order valence-electron chi connectivity index (χ2n) is 4.57. The fraction of sp³-hybridized carbons (Fsp3) is 0.500. The van der Waals surface area contributed by atoms with Gasteiger partial charge in [0.25, 0.3) is 0 Å². The van der Waals surface area contributed by atoms with Crippen molar-refractivity contribution in [3.05, 3.63) is 28.0 Å². The minimum atomic E-state index is -3.94. The first kappa shape index (κ1) is 20.9. The SMILES string of the molecule is CCC(N)(CC)CNS(=O)(=O)c1ccc(Cl)c(F)c1Cl.Cl. The van der Waals surface area contributed by atoms with Crippen molar-refractivity contribution >= 4 is 45.6 Å². The highest BCUT2D eigenvalue weighted by Gasteiger charge is 2.26. The standard InChI is InChI=1S/C12H17Cl2FN2O2S.ClH/c1-3-12(16,4-2)7-17-20(18,19)9-6-5-8(13)11(15)10(9)14;/h5-6,17H,3-4,7,16H2,1-2H3;1H. The van der Waals surface area contributed by atoms with Crippen LogP contribution in [-0.2, 0) is 10.0 Å². The number of benzene rings is 1. The van der Waals surface area contributed by atoms with E-state index in [1.807, 2.05) is 13.8 Å². The van der Waals surface area contributed by atoms with Gasteiger partial charge in [-0.3, -0.25) is 0 Å². The van der Waals surface area contributed by atoms with Crippen LogP contribution in [-0.4, -0.2) is 20.5 Å². The second kappa shape index (κ2) is 7.94. The molecule has 3 N–H and O–H groups in total. The summed E-state index contributed by atoms with van der Waals surface area (Å²) in [5.74, 6) is -0.957. The summed E-state index contributed by atoms with van der Waals surface area (Å²) in [5, 5.41) is -0.759. The smallest absolute Gasteiger partial charge is 0.242 e. The zero-order chi connectivity index (χ0) is 15.6. The lowest BCUT2D eigenvalue weighted by Gasteiger charge is -2.26. The third kappa shape index (κ3) is 4.94. The number of hydrogen-bond donors (Lipinski definition) is 2. The van der Waals surface area contributed by atoms with E-state index in [-0.39, 0.29) is 28.9 Å². The summed E-state index contributed by atoms with van der Waals surface area (Å²) >= 11 is 11.2. The maximum Gasteiger partial charge on any atom is 0.242 e. The van der Waals surface area contributed by atoms with Crippen molar-refractivity contribution in [2.75, 3.05) is 6.54 Å². The van der Waals surface area contributed by atoms with Gasteiger partial charge in [-0.2, -0.15) is 0 Å². The highest BCUT2D eigenvalue weighted by atomic mass is 35.5. The van der Waals surface area contributed by atoms with E-state index in [0.29, 0.717) is 12.8 Å². The van der Waals surface area contributed by atoms with Gasteiger partial charge < -0.3 is 5.73 Å². The van der Waals surface area contributed by atoms with Crippen molar-refractivity contribution in [2.24, 2.45) is 5.73 Å². The van der Waals surface area contributed by atoms with E-state index in [1.165, 1.54) is 0 Å². The van der Waals surface area contributed by atoms with Crippen LogP contribution in [0.4, 0.5) is 4.39 Å². The summed E-state index contributed by atoms with van der Waals surface area (Å²) < 4.78 is 40.2. The van der Waals surface area contributed by atoms with Gasteiger partial charge >= 0.3 is 0 Å². The quantitative estimate of drug-likeness (QED) is 0.745. The van der Waals surface area contributed by atoms with Crippen LogP contribution in [0.3, 0.4) is 0 Å². The molecule has 0 amide bonds. The van der Waals surface area contributed by atoms with E-state index in [1.54, 1.807) is 0 Å². The van der Waals surface area contributed by atoms with Gasteiger partial charge in [0.2, 0.25) is 10.0 Å². The van der Waals surface area contributed by atoms with Crippen molar-refractivity contribution in [3.63, 3.8) is 0 Å². The maximum atomic E-state index is 13.5. The summed E-state index contributed by atoms with van der Waals surface area (Å²) in [5.41, 5.74) is 5.37. The number of hydrogen-bond acceptors (Lipinski definition) is 3. The molecular weight excluding hydrogens is 362 g/mol. The molecule has 0 aromatic heterocycles. The van der Waals surface area contributed by atoms with Gasteiger partial charge in [0.15, 0.2) is 5.82 Å². The Kier molecular flexibility index (Phi) is 7.90. The van der Waals surface area contributed by atoms with Gasteiger partial charge in [-0.1, -0.05) is 37.0 Å². The Hall–Kier alpha value is -0.110. The van der Waals surface area contributed by atoms with Crippen LogP contribution < -0.4 is 10.5 Å². The Balaban J connectivity index is 0.00000400. The number of nitrogens with two attached hydrogens (primary N) is 1.